The summed E-state index contributed by atoms with van der Waals surface area (Å²) in [6.07, 6.45) is 10.2. The predicted molar refractivity (Wildman–Crippen MR) is 90.8 cm³/mol. The molecule has 0 spiro atoms. The molecule has 1 aliphatic carbocycles. The number of nitrogens with zero attached hydrogens (tertiary/aromatic N) is 5. The second kappa shape index (κ2) is 5.95. The molecule has 0 bridgehead atoms. The monoisotopic (exact) mass is 311 g/mol. The molecule has 0 N–H and O–H groups in total. The molecule has 0 radical (unpaired) electrons. The number of piperidine rings is 1. The molecule has 1 saturated carbocycles. The third kappa shape index (κ3) is 2.84. The highest BCUT2D eigenvalue weighted by Gasteiger charge is 2.27. The summed E-state index contributed by atoms with van der Waals surface area (Å²) in [7, 11) is 2.08. The van der Waals surface area contributed by atoms with Crippen LogP contribution in [0.3, 0.4) is 0 Å². The second-order valence-electron chi connectivity index (χ2n) is 7.04. The zero-order chi connectivity index (χ0) is 15.8. The summed E-state index contributed by atoms with van der Waals surface area (Å²) in [5, 5.41) is 0. The Hall–Kier alpha value is -1.91. The average Bonchev–Trinajstić information content (AvgIpc) is 2.91. The third-order valence-corrected chi connectivity index (χ3v) is 5.31. The van der Waals surface area contributed by atoms with Crippen LogP contribution in [0.2, 0.25) is 0 Å². The van der Waals surface area contributed by atoms with Crippen molar-refractivity contribution in [1.82, 2.24) is 19.5 Å². The van der Waals surface area contributed by atoms with E-state index in [1.54, 1.807) is 0 Å². The molecule has 2 aromatic heterocycles. The predicted octanol–water partition coefficient (Wildman–Crippen LogP) is 3.17. The third-order valence-electron chi connectivity index (χ3n) is 5.31. The van der Waals surface area contributed by atoms with E-state index >= 15 is 0 Å². The van der Waals surface area contributed by atoms with Gasteiger partial charge in [-0.3, -0.25) is 0 Å². The minimum absolute atomic E-state index is 0.472. The molecular formula is C18H25N5. The van der Waals surface area contributed by atoms with E-state index in [0.717, 1.165) is 24.7 Å². The first-order valence-electron chi connectivity index (χ1n) is 8.78. The van der Waals surface area contributed by atoms with Crippen molar-refractivity contribution in [2.24, 2.45) is 7.05 Å². The fourth-order valence-corrected chi connectivity index (χ4v) is 3.77. The first-order valence-corrected chi connectivity index (χ1v) is 8.78. The number of rotatable bonds is 3. The minimum atomic E-state index is 0.472. The molecular weight excluding hydrogens is 286 g/mol. The molecule has 0 aromatic carbocycles. The van der Waals surface area contributed by atoms with Gasteiger partial charge in [0.1, 0.15) is 5.82 Å². The summed E-state index contributed by atoms with van der Waals surface area (Å²) in [6, 6.07) is 2.17. The normalized spacial score (nSPS) is 22.2. The molecule has 0 unspecified atom stereocenters. The lowest BCUT2D eigenvalue weighted by Crippen LogP contribution is -2.36. The van der Waals surface area contributed by atoms with Crippen LogP contribution in [0.4, 0.5) is 5.95 Å². The minimum Gasteiger partial charge on any atom is -0.340 e. The van der Waals surface area contributed by atoms with E-state index in [2.05, 4.69) is 34.5 Å². The first-order chi connectivity index (χ1) is 11.2. The molecule has 1 aliphatic heterocycles. The fourth-order valence-electron chi connectivity index (χ4n) is 3.77. The van der Waals surface area contributed by atoms with Crippen LogP contribution in [0.15, 0.2) is 18.5 Å². The number of anilines is 1. The van der Waals surface area contributed by atoms with E-state index in [9.17, 15) is 0 Å². The van der Waals surface area contributed by atoms with Crippen molar-refractivity contribution >= 4 is 5.95 Å². The zero-order valence-electron chi connectivity index (χ0n) is 14.1. The van der Waals surface area contributed by atoms with Crippen LogP contribution in [0.5, 0.6) is 0 Å². The molecule has 4 rings (SSSR count). The fraction of sp³-hybridized carbons (Fsp3) is 0.611. The molecule has 0 amide bonds. The SMILES string of the molecule is Cc1cc(C2CCC2)nc(N2CCC[C@@H](c3nccn3C)C2)n1. The van der Waals surface area contributed by atoms with E-state index in [-0.39, 0.29) is 0 Å². The standard InChI is InChI=1S/C18H25N5/c1-13-11-16(14-5-3-6-14)21-18(20-13)23-9-4-7-15(12-23)17-19-8-10-22(17)2/h8,10-11,14-15H,3-7,9,12H2,1-2H3/t15-/m1/s1. The highest BCUT2D eigenvalue weighted by atomic mass is 15.3. The van der Waals surface area contributed by atoms with Crippen LogP contribution < -0.4 is 4.90 Å². The quantitative estimate of drug-likeness (QED) is 0.873. The average molecular weight is 311 g/mol. The molecule has 2 fully saturated rings. The van der Waals surface area contributed by atoms with Gasteiger partial charge < -0.3 is 9.47 Å². The van der Waals surface area contributed by atoms with Gasteiger partial charge in [-0.25, -0.2) is 15.0 Å². The van der Waals surface area contributed by atoms with Gasteiger partial charge in [0.15, 0.2) is 0 Å². The maximum Gasteiger partial charge on any atom is 0.225 e. The van der Waals surface area contributed by atoms with Crippen LogP contribution in [0, 0.1) is 6.92 Å². The van der Waals surface area contributed by atoms with Gasteiger partial charge in [0.05, 0.1) is 0 Å². The van der Waals surface area contributed by atoms with E-state index in [1.807, 2.05) is 12.4 Å². The maximum atomic E-state index is 4.91. The van der Waals surface area contributed by atoms with Gasteiger partial charge >= 0.3 is 0 Å². The summed E-state index contributed by atoms with van der Waals surface area (Å²) in [4.78, 5) is 16.5. The van der Waals surface area contributed by atoms with Crippen LogP contribution in [-0.2, 0) is 7.05 Å². The van der Waals surface area contributed by atoms with Gasteiger partial charge in [0.2, 0.25) is 5.95 Å². The number of hydrogen-bond donors (Lipinski definition) is 0. The van der Waals surface area contributed by atoms with E-state index < -0.39 is 0 Å². The topological polar surface area (TPSA) is 46.8 Å². The van der Waals surface area contributed by atoms with Crippen molar-refractivity contribution < 1.29 is 0 Å². The smallest absolute Gasteiger partial charge is 0.225 e. The lowest BCUT2D eigenvalue weighted by molar-refractivity contribution is 0.409. The van der Waals surface area contributed by atoms with Crippen molar-refractivity contribution in [2.45, 2.75) is 50.9 Å². The summed E-state index contributed by atoms with van der Waals surface area (Å²) in [5.41, 5.74) is 2.34. The second-order valence-corrected chi connectivity index (χ2v) is 7.04. The number of hydrogen-bond acceptors (Lipinski definition) is 4. The number of imidazole rings is 1. The molecule has 23 heavy (non-hydrogen) atoms. The Labute approximate surface area is 137 Å². The van der Waals surface area contributed by atoms with Gasteiger partial charge in [-0.15, -0.1) is 0 Å². The lowest BCUT2D eigenvalue weighted by Gasteiger charge is -2.33. The highest BCUT2D eigenvalue weighted by Crippen LogP contribution is 2.36. The Morgan fingerprint density at radius 1 is 1.09 bits per heavy atom. The Kier molecular flexibility index (Phi) is 3.79. The summed E-state index contributed by atoms with van der Waals surface area (Å²) >= 11 is 0. The Bertz CT molecular complexity index is 688. The van der Waals surface area contributed by atoms with Crippen LogP contribution >= 0.6 is 0 Å². The summed E-state index contributed by atoms with van der Waals surface area (Å²) in [5.74, 6) is 3.23. The van der Waals surface area contributed by atoms with E-state index in [4.69, 9.17) is 9.97 Å². The largest absolute Gasteiger partial charge is 0.340 e. The lowest BCUT2D eigenvalue weighted by atomic mass is 9.82. The van der Waals surface area contributed by atoms with Crippen LogP contribution in [0.1, 0.15) is 61.2 Å². The number of aryl methyl sites for hydroxylation is 2. The van der Waals surface area contributed by atoms with Crippen LogP contribution in [-0.4, -0.2) is 32.6 Å². The molecule has 1 atom stereocenters. The van der Waals surface area contributed by atoms with Gasteiger partial charge in [-0.05, 0) is 38.7 Å². The molecule has 5 heteroatoms. The molecule has 3 heterocycles. The van der Waals surface area contributed by atoms with Gasteiger partial charge in [0, 0.05) is 55.8 Å². The van der Waals surface area contributed by atoms with Crippen molar-refractivity contribution in [1.29, 1.82) is 0 Å². The molecule has 5 nitrogen and oxygen atoms in total. The summed E-state index contributed by atoms with van der Waals surface area (Å²) < 4.78 is 2.14. The molecule has 1 saturated heterocycles. The van der Waals surface area contributed by atoms with Gasteiger partial charge in [-0.1, -0.05) is 6.42 Å². The van der Waals surface area contributed by atoms with E-state index in [0.29, 0.717) is 11.8 Å². The first kappa shape index (κ1) is 14.7. The zero-order valence-corrected chi connectivity index (χ0v) is 14.1. The van der Waals surface area contributed by atoms with Crippen molar-refractivity contribution in [3.8, 4) is 0 Å². The maximum absolute atomic E-state index is 4.91. The van der Waals surface area contributed by atoms with Crippen molar-refractivity contribution in [3.63, 3.8) is 0 Å². The van der Waals surface area contributed by atoms with Crippen molar-refractivity contribution in [2.75, 3.05) is 18.0 Å². The summed E-state index contributed by atoms with van der Waals surface area (Å²) in [6.45, 7) is 4.11. The number of aromatic nitrogens is 4. The highest BCUT2D eigenvalue weighted by molar-refractivity contribution is 5.35. The molecule has 2 aromatic rings. The van der Waals surface area contributed by atoms with Crippen LogP contribution in [0.25, 0.3) is 0 Å². The Morgan fingerprint density at radius 2 is 1.91 bits per heavy atom. The Balaban J connectivity index is 1.57. The Morgan fingerprint density at radius 3 is 2.61 bits per heavy atom. The van der Waals surface area contributed by atoms with Gasteiger partial charge in [0.25, 0.3) is 0 Å². The van der Waals surface area contributed by atoms with Gasteiger partial charge in [-0.2, -0.15) is 0 Å². The molecule has 2 aliphatic rings. The van der Waals surface area contributed by atoms with E-state index in [1.165, 1.54) is 43.6 Å². The molecule has 122 valence electrons. The van der Waals surface area contributed by atoms with Crippen molar-refractivity contribution in [3.05, 3.63) is 35.7 Å².